The summed E-state index contributed by atoms with van der Waals surface area (Å²) in [6.07, 6.45) is 1.84. The molecule has 19 heavy (non-hydrogen) atoms. The Morgan fingerprint density at radius 3 is 2.42 bits per heavy atom. The highest BCUT2D eigenvalue weighted by Gasteiger charge is 2.08. The first-order chi connectivity index (χ1) is 9.15. The van der Waals surface area contributed by atoms with Gasteiger partial charge in [0.25, 0.3) is 0 Å². The molecule has 0 saturated heterocycles. The van der Waals surface area contributed by atoms with Gasteiger partial charge >= 0.3 is 0 Å². The lowest BCUT2D eigenvalue weighted by Gasteiger charge is -2.05. The van der Waals surface area contributed by atoms with Gasteiger partial charge in [-0.1, -0.05) is 6.07 Å². The molecule has 0 fully saturated rings. The van der Waals surface area contributed by atoms with Gasteiger partial charge in [-0.15, -0.1) is 5.10 Å². The summed E-state index contributed by atoms with van der Waals surface area (Å²) in [6.45, 7) is 4.07. The normalized spacial score (nSPS) is 10.9. The second-order valence-electron chi connectivity index (χ2n) is 4.55. The molecule has 3 aromatic rings. The minimum atomic E-state index is -0.261. The summed E-state index contributed by atoms with van der Waals surface area (Å²) >= 11 is 0. The van der Waals surface area contributed by atoms with Crippen LogP contribution in [0, 0.1) is 19.7 Å². The summed E-state index contributed by atoms with van der Waals surface area (Å²) in [5.74, 6) is 0.576. The van der Waals surface area contributed by atoms with Gasteiger partial charge in [0.1, 0.15) is 5.82 Å². The molecule has 3 rings (SSSR count). The Bertz CT molecular complexity index is 705. The molecule has 2 heterocycles. The lowest BCUT2D eigenvalue weighted by molar-refractivity contribution is 0.625. The predicted molar refractivity (Wildman–Crippen MR) is 72.3 cm³/mol. The molecule has 0 aliphatic heterocycles. The Labute approximate surface area is 110 Å². The SMILES string of the molecule is Cc1ccc(C)n1-c1ccn(-c2cccc(F)c2)n1. The van der Waals surface area contributed by atoms with Gasteiger partial charge in [0, 0.05) is 23.7 Å². The van der Waals surface area contributed by atoms with E-state index in [0.29, 0.717) is 5.69 Å². The molecule has 96 valence electrons. The predicted octanol–water partition coefficient (Wildman–Crippen LogP) is 3.42. The van der Waals surface area contributed by atoms with E-state index in [4.69, 9.17) is 0 Å². The Morgan fingerprint density at radius 1 is 1.00 bits per heavy atom. The average Bonchev–Trinajstić information content (AvgIpc) is 2.97. The molecule has 0 unspecified atom stereocenters. The maximum atomic E-state index is 13.2. The molecule has 3 nitrogen and oxygen atoms in total. The number of aryl methyl sites for hydroxylation is 2. The van der Waals surface area contributed by atoms with E-state index in [1.807, 2.05) is 32.2 Å². The van der Waals surface area contributed by atoms with E-state index in [1.54, 1.807) is 10.7 Å². The molecule has 0 aliphatic carbocycles. The van der Waals surface area contributed by atoms with Gasteiger partial charge in [0.15, 0.2) is 5.82 Å². The van der Waals surface area contributed by atoms with Gasteiger partial charge in [0.2, 0.25) is 0 Å². The second-order valence-corrected chi connectivity index (χ2v) is 4.55. The molecule has 1 aromatic carbocycles. The molecule has 4 heteroatoms. The van der Waals surface area contributed by atoms with Crippen molar-refractivity contribution in [2.45, 2.75) is 13.8 Å². The molecule has 0 N–H and O–H groups in total. The topological polar surface area (TPSA) is 22.8 Å². The molecular weight excluding hydrogens is 241 g/mol. The Kier molecular flexibility index (Phi) is 2.71. The minimum Gasteiger partial charge on any atom is -0.302 e. The quantitative estimate of drug-likeness (QED) is 0.688. The van der Waals surface area contributed by atoms with Crippen LogP contribution >= 0.6 is 0 Å². The highest BCUT2D eigenvalue weighted by Crippen LogP contribution is 2.16. The number of hydrogen-bond acceptors (Lipinski definition) is 1. The minimum absolute atomic E-state index is 0.261. The summed E-state index contributed by atoms with van der Waals surface area (Å²) in [5.41, 5.74) is 2.97. The molecule has 0 aliphatic rings. The maximum Gasteiger partial charge on any atom is 0.159 e. The monoisotopic (exact) mass is 255 g/mol. The third kappa shape index (κ3) is 2.05. The van der Waals surface area contributed by atoms with Crippen molar-refractivity contribution in [2.24, 2.45) is 0 Å². The van der Waals surface area contributed by atoms with E-state index in [2.05, 4.69) is 21.8 Å². The smallest absolute Gasteiger partial charge is 0.159 e. The van der Waals surface area contributed by atoms with Crippen LogP contribution in [0.2, 0.25) is 0 Å². The highest BCUT2D eigenvalue weighted by atomic mass is 19.1. The van der Waals surface area contributed by atoms with Gasteiger partial charge in [-0.05, 0) is 44.2 Å². The third-order valence-corrected chi connectivity index (χ3v) is 3.15. The zero-order valence-electron chi connectivity index (χ0n) is 10.8. The summed E-state index contributed by atoms with van der Waals surface area (Å²) in [6, 6.07) is 12.4. The maximum absolute atomic E-state index is 13.2. The van der Waals surface area contributed by atoms with Crippen LogP contribution in [0.15, 0.2) is 48.7 Å². The molecule has 0 spiro atoms. The first-order valence-corrected chi connectivity index (χ1v) is 6.12. The molecule has 0 saturated carbocycles. The van der Waals surface area contributed by atoms with Crippen LogP contribution < -0.4 is 0 Å². The van der Waals surface area contributed by atoms with Crippen LogP contribution in [0.25, 0.3) is 11.5 Å². The number of benzene rings is 1. The average molecular weight is 255 g/mol. The van der Waals surface area contributed by atoms with E-state index in [-0.39, 0.29) is 5.82 Å². The summed E-state index contributed by atoms with van der Waals surface area (Å²) in [5, 5.41) is 4.50. The Morgan fingerprint density at radius 2 is 1.74 bits per heavy atom. The molecular formula is C15H14FN3. The van der Waals surface area contributed by atoms with E-state index >= 15 is 0 Å². The Hall–Kier alpha value is -2.36. The van der Waals surface area contributed by atoms with Gasteiger partial charge in [0.05, 0.1) is 5.69 Å². The van der Waals surface area contributed by atoms with Crippen molar-refractivity contribution >= 4 is 0 Å². The van der Waals surface area contributed by atoms with Gasteiger partial charge in [-0.2, -0.15) is 0 Å². The van der Waals surface area contributed by atoms with Gasteiger partial charge < -0.3 is 4.57 Å². The largest absolute Gasteiger partial charge is 0.302 e. The third-order valence-electron chi connectivity index (χ3n) is 3.15. The van der Waals surface area contributed by atoms with Crippen molar-refractivity contribution in [1.82, 2.24) is 14.3 Å². The van der Waals surface area contributed by atoms with E-state index in [1.165, 1.54) is 12.1 Å². The van der Waals surface area contributed by atoms with Crippen molar-refractivity contribution in [3.05, 3.63) is 65.9 Å². The molecule has 0 amide bonds. The van der Waals surface area contributed by atoms with Crippen molar-refractivity contribution in [1.29, 1.82) is 0 Å². The lowest BCUT2D eigenvalue weighted by Crippen LogP contribution is -2.02. The van der Waals surface area contributed by atoms with Crippen molar-refractivity contribution < 1.29 is 4.39 Å². The van der Waals surface area contributed by atoms with Crippen LogP contribution in [0.5, 0.6) is 0 Å². The molecule has 2 aromatic heterocycles. The fourth-order valence-electron chi connectivity index (χ4n) is 2.23. The summed E-state index contributed by atoms with van der Waals surface area (Å²) < 4.78 is 17.0. The number of hydrogen-bond donors (Lipinski definition) is 0. The number of halogens is 1. The van der Waals surface area contributed by atoms with Crippen LogP contribution in [-0.4, -0.2) is 14.3 Å². The van der Waals surface area contributed by atoms with E-state index in [9.17, 15) is 4.39 Å². The van der Waals surface area contributed by atoms with Gasteiger partial charge in [-0.3, -0.25) is 0 Å². The zero-order chi connectivity index (χ0) is 13.4. The first kappa shape index (κ1) is 11.7. The van der Waals surface area contributed by atoms with Crippen LogP contribution in [0.3, 0.4) is 0 Å². The first-order valence-electron chi connectivity index (χ1n) is 6.12. The zero-order valence-corrected chi connectivity index (χ0v) is 10.8. The van der Waals surface area contributed by atoms with Crippen LogP contribution in [-0.2, 0) is 0 Å². The van der Waals surface area contributed by atoms with Crippen LogP contribution in [0.4, 0.5) is 4.39 Å². The molecule has 0 radical (unpaired) electrons. The second kappa shape index (κ2) is 4.39. The van der Waals surface area contributed by atoms with Crippen molar-refractivity contribution in [3.63, 3.8) is 0 Å². The van der Waals surface area contributed by atoms with Crippen LogP contribution in [0.1, 0.15) is 11.4 Å². The number of nitrogens with zero attached hydrogens (tertiary/aromatic N) is 3. The number of rotatable bonds is 2. The van der Waals surface area contributed by atoms with E-state index < -0.39 is 0 Å². The summed E-state index contributed by atoms with van der Waals surface area (Å²) in [4.78, 5) is 0. The number of aromatic nitrogens is 3. The fraction of sp³-hybridized carbons (Fsp3) is 0.133. The fourth-order valence-corrected chi connectivity index (χ4v) is 2.23. The lowest BCUT2D eigenvalue weighted by atomic mass is 10.3. The highest BCUT2D eigenvalue weighted by molar-refractivity contribution is 5.35. The van der Waals surface area contributed by atoms with E-state index in [0.717, 1.165) is 17.2 Å². The van der Waals surface area contributed by atoms with Gasteiger partial charge in [-0.25, -0.2) is 9.07 Å². The van der Waals surface area contributed by atoms with Crippen molar-refractivity contribution in [2.75, 3.05) is 0 Å². The van der Waals surface area contributed by atoms with Crippen molar-refractivity contribution in [3.8, 4) is 11.5 Å². The summed E-state index contributed by atoms with van der Waals surface area (Å²) in [7, 11) is 0. The standard InChI is InChI=1S/C15H14FN3/c1-11-6-7-12(2)19(11)15-8-9-18(17-15)14-5-3-4-13(16)10-14/h3-10H,1-2H3. The Balaban J connectivity index is 2.05. The molecule has 0 atom stereocenters. The molecule has 0 bridgehead atoms.